The van der Waals surface area contributed by atoms with Gasteiger partial charge in [0, 0.05) is 28.8 Å². The Morgan fingerprint density at radius 1 is 0.885 bits per heavy atom. The van der Waals surface area contributed by atoms with Crippen LogP contribution < -0.4 is 4.74 Å². The van der Waals surface area contributed by atoms with Crippen LogP contribution in [-0.4, -0.2) is 11.5 Å². The molecule has 0 saturated heterocycles. The predicted molar refractivity (Wildman–Crippen MR) is 102 cm³/mol. The van der Waals surface area contributed by atoms with E-state index in [9.17, 15) is 10.1 Å². The zero-order chi connectivity index (χ0) is 18.1. The number of ether oxygens (including phenoxy) is 1. The number of nitrogens with zero attached hydrogens (tertiary/aromatic N) is 1. The standard InChI is InChI=1S/C22H17NO3/c1-15-6-2-3-7-18(15)22-19-8-4-5-9-21(19)26-14-20(22)16-10-12-17(13-11-16)23(24)25/h2-13H,14H2,1H3. The van der Waals surface area contributed by atoms with Gasteiger partial charge in [-0.25, -0.2) is 0 Å². The fourth-order valence-electron chi connectivity index (χ4n) is 3.36. The maximum absolute atomic E-state index is 11.0. The van der Waals surface area contributed by atoms with Crippen LogP contribution in [0.3, 0.4) is 0 Å². The molecule has 4 rings (SSSR count). The summed E-state index contributed by atoms with van der Waals surface area (Å²) in [5, 5.41) is 11.0. The molecular formula is C22H17NO3. The monoisotopic (exact) mass is 343 g/mol. The van der Waals surface area contributed by atoms with Gasteiger partial charge in [0.15, 0.2) is 0 Å². The van der Waals surface area contributed by atoms with Crippen LogP contribution in [-0.2, 0) is 0 Å². The molecule has 4 heteroatoms. The average molecular weight is 343 g/mol. The number of rotatable bonds is 3. The Hall–Kier alpha value is -3.40. The van der Waals surface area contributed by atoms with E-state index in [1.807, 2.05) is 30.3 Å². The number of fused-ring (bicyclic) bond motifs is 1. The normalized spacial score (nSPS) is 13.1. The molecule has 3 aromatic carbocycles. The van der Waals surface area contributed by atoms with Gasteiger partial charge < -0.3 is 4.74 Å². The summed E-state index contributed by atoms with van der Waals surface area (Å²) in [7, 11) is 0. The third-order valence-electron chi connectivity index (χ3n) is 4.67. The summed E-state index contributed by atoms with van der Waals surface area (Å²) in [5.41, 5.74) is 6.55. The number of non-ortho nitro benzene ring substituents is 1. The Balaban J connectivity index is 1.96. The molecule has 0 amide bonds. The van der Waals surface area contributed by atoms with Crippen molar-refractivity contribution in [3.63, 3.8) is 0 Å². The molecule has 0 atom stereocenters. The Kier molecular flexibility index (Phi) is 4.01. The Morgan fingerprint density at radius 3 is 2.23 bits per heavy atom. The van der Waals surface area contributed by atoms with Gasteiger partial charge in [0.1, 0.15) is 12.4 Å². The molecule has 0 bridgehead atoms. The van der Waals surface area contributed by atoms with E-state index in [2.05, 4.69) is 25.1 Å². The number of benzene rings is 3. The lowest BCUT2D eigenvalue weighted by atomic mass is 9.86. The summed E-state index contributed by atoms with van der Waals surface area (Å²) in [6, 6.07) is 22.9. The first-order chi connectivity index (χ1) is 12.6. The molecule has 0 spiro atoms. The van der Waals surface area contributed by atoms with Crippen molar-refractivity contribution in [1.29, 1.82) is 0 Å². The molecule has 0 aliphatic carbocycles. The highest BCUT2D eigenvalue weighted by Gasteiger charge is 2.23. The van der Waals surface area contributed by atoms with Gasteiger partial charge in [-0.15, -0.1) is 0 Å². The van der Waals surface area contributed by atoms with Crippen molar-refractivity contribution in [1.82, 2.24) is 0 Å². The van der Waals surface area contributed by atoms with Crippen molar-refractivity contribution in [2.75, 3.05) is 6.61 Å². The molecule has 0 radical (unpaired) electrons. The van der Waals surface area contributed by atoms with Crippen LogP contribution in [0.15, 0.2) is 72.8 Å². The van der Waals surface area contributed by atoms with Gasteiger partial charge in [0.2, 0.25) is 0 Å². The summed E-state index contributed by atoms with van der Waals surface area (Å²) >= 11 is 0. The van der Waals surface area contributed by atoms with Crippen molar-refractivity contribution in [2.24, 2.45) is 0 Å². The lowest BCUT2D eigenvalue weighted by Gasteiger charge is -2.25. The second-order valence-electron chi connectivity index (χ2n) is 6.26. The van der Waals surface area contributed by atoms with E-state index in [4.69, 9.17) is 4.74 Å². The SMILES string of the molecule is Cc1ccccc1C1=C(c2ccc([N+](=O)[O-])cc2)COc2ccccc21. The van der Waals surface area contributed by atoms with Gasteiger partial charge in [0.05, 0.1) is 4.92 Å². The van der Waals surface area contributed by atoms with E-state index < -0.39 is 0 Å². The van der Waals surface area contributed by atoms with Crippen LogP contribution in [0.4, 0.5) is 5.69 Å². The summed E-state index contributed by atoms with van der Waals surface area (Å²) in [6.07, 6.45) is 0. The maximum Gasteiger partial charge on any atom is 0.269 e. The van der Waals surface area contributed by atoms with Gasteiger partial charge in [-0.05, 0) is 41.8 Å². The molecule has 0 unspecified atom stereocenters. The van der Waals surface area contributed by atoms with Crippen LogP contribution in [0.5, 0.6) is 5.75 Å². The number of nitro benzene ring substituents is 1. The third kappa shape index (κ3) is 2.75. The van der Waals surface area contributed by atoms with E-state index in [-0.39, 0.29) is 10.6 Å². The Bertz CT molecular complexity index is 1020. The first-order valence-corrected chi connectivity index (χ1v) is 8.41. The van der Waals surface area contributed by atoms with Gasteiger partial charge in [-0.2, -0.15) is 0 Å². The molecule has 4 nitrogen and oxygen atoms in total. The smallest absolute Gasteiger partial charge is 0.269 e. The van der Waals surface area contributed by atoms with Crippen LogP contribution in [0, 0.1) is 17.0 Å². The van der Waals surface area contributed by atoms with E-state index in [0.29, 0.717) is 6.61 Å². The van der Waals surface area contributed by atoms with E-state index in [1.165, 1.54) is 17.7 Å². The van der Waals surface area contributed by atoms with Gasteiger partial charge in [-0.1, -0.05) is 42.5 Å². The number of para-hydroxylation sites is 1. The minimum Gasteiger partial charge on any atom is -0.488 e. The summed E-state index contributed by atoms with van der Waals surface area (Å²) in [6.45, 7) is 2.52. The van der Waals surface area contributed by atoms with Gasteiger partial charge in [0.25, 0.3) is 5.69 Å². The minimum atomic E-state index is -0.382. The highest BCUT2D eigenvalue weighted by molar-refractivity contribution is 6.02. The van der Waals surface area contributed by atoms with Crippen molar-refractivity contribution >= 4 is 16.8 Å². The average Bonchev–Trinajstić information content (AvgIpc) is 2.68. The third-order valence-corrected chi connectivity index (χ3v) is 4.67. The van der Waals surface area contributed by atoms with Crippen LogP contribution in [0.25, 0.3) is 11.1 Å². The molecule has 1 aliphatic heterocycles. The van der Waals surface area contributed by atoms with Gasteiger partial charge in [-0.3, -0.25) is 10.1 Å². The van der Waals surface area contributed by atoms with E-state index >= 15 is 0 Å². The fraction of sp³-hybridized carbons (Fsp3) is 0.0909. The molecule has 0 saturated carbocycles. The summed E-state index contributed by atoms with van der Waals surface area (Å²) in [4.78, 5) is 10.6. The highest BCUT2D eigenvalue weighted by Crippen LogP contribution is 2.41. The quantitative estimate of drug-likeness (QED) is 0.482. The fourth-order valence-corrected chi connectivity index (χ4v) is 3.36. The molecule has 0 aromatic heterocycles. The first-order valence-electron chi connectivity index (χ1n) is 8.41. The van der Waals surface area contributed by atoms with Crippen LogP contribution in [0.1, 0.15) is 22.3 Å². The molecular weight excluding hydrogens is 326 g/mol. The molecule has 1 aliphatic rings. The van der Waals surface area contributed by atoms with E-state index in [1.54, 1.807) is 12.1 Å². The molecule has 1 heterocycles. The molecule has 128 valence electrons. The van der Waals surface area contributed by atoms with Crippen LogP contribution >= 0.6 is 0 Å². The number of hydrogen-bond acceptors (Lipinski definition) is 3. The number of nitro groups is 1. The van der Waals surface area contributed by atoms with Crippen molar-refractivity contribution in [3.8, 4) is 5.75 Å². The van der Waals surface area contributed by atoms with Crippen molar-refractivity contribution < 1.29 is 9.66 Å². The second kappa shape index (κ2) is 6.48. The van der Waals surface area contributed by atoms with Crippen LogP contribution in [0.2, 0.25) is 0 Å². The predicted octanol–water partition coefficient (Wildman–Crippen LogP) is 5.25. The van der Waals surface area contributed by atoms with Crippen molar-refractivity contribution in [3.05, 3.63) is 105 Å². The van der Waals surface area contributed by atoms with E-state index in [0.717, 1.165) is 33.6 Å². The second-order valence-corrected chi connectivity index (χ2v) is 6.26. The molecule has 26 heavy (non-hydrogen) atoms. The zero-order valence-electron chi connectivity index (χ0n) is 14.3. The molecule has 0 fully saturated rings. The number of aryl methyl sites for hydroxylation is 1. The van der Waals surface area contributed by atoms with Gasteiger partial charge >= 0.3 is 0 Å². The largest absolute Gasteiger partial charge is 0.488 e. The summed E-state index contributed by atoms with van der Waals surface area (Å²) in [5.74, 6) is 0.858. The highest BCUT2D eigenvalue weighted by atomic mass is 16.6. The summed E-state index contributed by atoms with van der Waals surface area (Å²) < 4.78 is 5.97. The topological polar surface area (TPSA) is 52.4 Å². The first kappa shape index (κ1) is 16.1. The van der Waals surface area contributed by atoms with Crippen molar-refractivity contribution in [2.45, 2.75) is 6.92 Å². The lowest BCUT2D eigenvalue weighted by Crippen LogP contribution is -2.12. The molecule has 0 N–H and O–H groups in total. The molecule has 3 aromatic rings. The Labute approximate surface area is 151 Å². The maximum atomic E-state index is 11.0. The lowest BCUT2D eigenvalue weighted by molar-refractivity contribution is -0.384. The number of hydrogen-bond donors (Lipinski definition) is 0. The minimum absolute atomic E-state index is 0.0870. The Morgan fingerprint density at radius 2 is 1.54 bits per heavy atom. The zero-order valence-corrected chi connectivity index (χ0v) is 14.3.